The topological polar surface area (TPSA) is 76.6 Å². The summed E-state index contributed by atoms with van der Waals surface area (Å²) in [5.41, 5.74) is 2.02. The number of aromatic nitrogens is 1. The summed E-state index contributed by atoms with van der Waals surface area (Å²) in [6.07, 6.45) is 1.26. The first-order chi connectivity index (χ1) is 11.1. The highest BCUT2D eigenvalue weighted by Gasteiger charge is 2.26. The predicted octanol–water partition coefficient (Wildman–Crippen LogP) is 0.762. The maximum Gasteiger partial charge on any atom is 0.251 e. The number of hydrogen-bond donors (Lipinski definition) is 2. The fourth-order valence-electron chi connectivity index (χ4n) is 2.99. The lowest BCUT2D eigenvalue weighted by Gasteiger charge is -2.35. The van der Waals surface area contributed by atoms with Crippen LogP contribution in [0.1, 0.15) is 12.5 Å². The Balaban J connectivity index is 1.61. The molecule has 0 aliphatic carbocycles. The number of rotatable bonds is 3. The van der Waals surface area contributed by atoms with Crippen LogP contribution in [-0.2, 0) is 16.0 Å². The summed E-state index contributed by atoms with van der Waals surface area (Å²) in [6, 6.07) is 7.92. The summed E-state index contributed by atoms with van der Waals surface area (Å²) in [6.45, 7) is 3.45. The molecule has 2 N–H and O–H groups in total. The van der Waals surface area contributed by atoms with Gasteiger partial charge in [0.2, 0.25) is 5.91 Å². The van der Waals surface area contributed by atoms with Crippen LogP contribution in [0.2, 0.25) is 0 Å². The molecule has 1 atom stereocenters. The molecule has 1 saturated heterocycles. The number of piperazine rings is 1. The molecular formula is C17H21N3O3. The van der Waals surface area contributed by atoms with Gasteiger partial charge in [-0.25, -0.2) is 0 Å². The smallest absolute Gasteiger partial charge is 0.251 e. The number of nitrogens with one attached hydrogen (secondary N) is 1. The molecule has 6 nitrogen and oxygen atoms in total. The van der Waals surface area contributed by atoms with Crippen LogP contribution in [0, 0.1) is 0 Å². The first-order valence-corrected chi connectivity index (χ1v) is 7.86. The minimum atomic E-state index is -0.983. The van der Waals surface area contributed by atoms with Crippen molar-refractivity contribution in [3.8, 4) is 0 Å². The molecule has 0 saturated carbocycles. The summed E-state index contributed by atoms with van der Waals surface area (Å²) in [4.78, 5) is 30.8. The second kappa shape index (κ2) is 6.42. The van der Waals surface area contributed by atoms with E-state index in [0.717, 1.165) is 16.5 Å². The van der Waals surface area contributed by atoms with Crippen LogP contribution in [0.25, 0.3) is 10.9 Å². The third-order valence-electron chi connectivity index (χ3n) is 4.32. The number of para-hydroxylation sites is 1. The minimum absolute atomic E-state index is 0.0684. The zero-order valence-electron chi connectivity index (χ0n) is 13.2. The van der Waals surface area contributed by atoms with Crippen LogP contribution in [0.4, 0.5) is 0 Å². The number of fused-ring (bicyclic) bond motifs is 1. The molecule has 122 valence electrons. The van der Waals surface area contributed by atoms with E-state index in [1.54, 1.807) is 9.80 Å². The van der Waals surface area contributed by atoms with E-state index in [-0.39, 0.29) is 11.8 Å². The van der Waals surface area contributed by atoms with E-state index in [4.69, 9.17) is 0 Å². The fraction of sp³-hybridized carbons (Fsp3) is 0.412. The Morgan fingerprint density at radius 1 is 1.17 bits per heavy atom. The van der Waals surface area contributed by atoms with E-state index in [9.17, 15) is 14.7 Å². The number of aliphatic hydroxyl groups excluding tert-OH is 1. The lowest BCUT2D eigenvalue weighted by atomic mass is 10.1. The molecule has 6 heteroatoms. The zero-order chi connectivity index (χ0) is 16.4. The van der Waals surface area contributed by atoms with Crippen molar-refractivity contribution >= 4 is 22.7 Å². The number of aliphatic hydroxyl groups is 1. The van der Waals surface area contributed by atoms with Gasteiger partial charge < -0.3 is 19.9 Å². The lowest BCUT2D eigenvalue weighted by molar-refractivity contribution is -0.144. The van der Waals surface area contributed by atoms with Gasteiger partial charge in [-0.3, -0.25) is 9.59 Å². The number of H-pyrrole nitrogens is 1. The highest BCUT2D eigenvalue weighted by atomic mass is 16.3. The molecule has 2 aromatic rings. The second-order valence-corrected chi connectivity index (χ2v) is 5.92. The van der Waals surface area contributed by atoms with E-state index in [2.05, 4.69) is 4.98 Å². The molecule has 1 aliphatic heterocycles. The number of hydrogen-bond acceptors (Lipinski definition) is 3. The number of amides is 2. The molecule has 0 spiro atoms. The van der Waals surface area contributed by atoms with E-state index in [0.29, 0.717) is 32.6 Å². The van der Waals surface area contributed by atoms with Crippen LogP contribution < -0.4 is 0 Å². The highest BCUT2D eigenvalue weighted by molar-refractivity contribution is 5.89. The average molecular weight is 315 g/mol. The molecule has 1 aliphatic rings. The van der Waals surface area contributed by atoms with E-state index >= 15 is 0 Å². The van der Waals surface area contributed by atoms with Crippen LogP contribution >= 0.6 is 0 Å². The van der Waals surface area contributed by atoms with Gasteiger partial charge in [0.25, 0.3) is 5.91 Å². The Morgan fingerprint density at radius 2 is 1.83 bits per heavy atom. The Labute approximate surface area is 134 Å². The van der Waals surface area contributed by atoms with Gasteiger partial charge in [-0.05, 0) is 18.6 Å². The van der Waals surface area contributed by atoms with Crippen LogP contribution in [0.5, 0.6) is 0 Å². The van der Waals surface area contributed by atoms with Gasteiger partial charge in [0, 0.05) is 43.3 Å². The predicted molar refractivity (Wildman–Crippen MR) is 86.8 cm³/mol. The number of aromatic amines is 1. The van der Waals surface area contributed by atoms with Gasteiger partial charge in [0.05, 0.1) is 6.42 Å². The van der Waals surface area contributed by atoms with Crippen molar-refractivity contribution in [1.29, 1.82) is 0 Å². The van der Waals surface area contributed by atoms with Gasteiger partial charge in [-0.15, -0.1) is 0 Å². The van der Waals surface area contributed by atoms with Crippen molar-refractivity contribution in [2.75, 3.05) is 26.2 Å². The van der Waals surface area contributed by atoms with Crippen LogP contribution in [-0.4, -0.2) is 64.0 Å². The molecule has 23 heavy (non-hydrogen) atoms. The third-order valence-corrected chi connectivity index (χ3v) is 4.32. The summed E-state index contributed by atoms with van der Waals surface area (Å²) in [5, 5.41) is 10.4. The van der Waals surface area contributed by atoms with E-state index in [1.807, 2.05) is 30.5 Å². The van der Waals surface area contributed by atoms with Crippen molar-refractivity contribution in [3.05, 3.63) is 36.0 Å². The minimum Gasteiger partial charge on any atom is -0.384 e. The maximum atomic E-state index is 12.5. The molecule has 1 fully saturated rings. The SMILES string of the molecule is CC(O)C(=O)N1CCN(C(=O)Cc2c[nH]c3ccccc23)CC1. The maximum absolute atomic E-state index is 12.5. The summed E-state index contributed by atoms with van der Waals surface area (Å²) in [5.74, 6) is -0.201. The van der Waals surface area contributed by atoms with E-state index < -0.39 is 6.10 Å². The number of carbonyl (C=O) groups excluding carboxylic acids is 2. The lowest BCUT2D eigenvalue weighted by Crippen LogP contribution is -2.52. The van der Waals surface area contributed by atoms with Crippen molar-refractivity contribution in [3.63, 3.8) is 0 Å². The fourth-order valence-corrected chi connectivity index (χ4v) is 2.99. The number of nitrogens with zero attached hydrogens (tertiary/aromatic N) is 2. The zero-order valence-corrected chi connectivity index (χ0v) is 13.2. The average Bonchev–Trinajstić information content (AvgIpc) is 2.97. The van der Waals surface area contributed by atoms with Crippen molar-refractivity contribution in [1.82, 2.24) is 14.8 Å². The Kier molecular flexibility index (Phi) is 4.34. The molecule has 1 aromatic heterocycles. The molecule has 1 aromatic carbocycles. The monoisotopic (exact) mass is 315 g/mol. The molecule has 2 heterocycles. The molecule has 2 amide bonds. The van der Waals surface area contributed by atoms with Gasteiger partial charge in [-0.1, -0.05) is 18.2 Å². The van der Waals surface area contributed by atoms with Gasteiger partial charge in [0.1, 0.15) is 6.10 Å². The molecule has 1 unspecified atom stereocenters. The van der Waals surface area contributed by atoms with E-state index in [1.165, 1.54) is 6.92 Å². The van der Waals surface area contributed by atoms with Crippen molar-refractivity contribution in [2.45, 2.75) is 19.4 Å². The van der Waals surface area contributed by atoms with Gasteiger partial charge in [0.15, 0.2) is 0 Å². The van der Waals surface area contributed by atoms with Crippen LogP contribution in [0.3, 0.4) is 0 Å². The first-order valence-electron chi connectivity index (χ1n) is 7.86. The van der Waals surface area contributed by atoms with Gasteiger partial charge >= 0.3 is 0 Å². The van der Waals surface area contributed by atoms with Crippen molar-refractivity contribution < 1.29 is 14.7 Å². The van der Waals surface area contributed by atoms with Crippen molar-refractivity contribution in [2.24, 2.45) is 0 Å². The quantitative estimate of drug-likeness (QED) is 0.878. The Hall–Kier alpha value is -2.34. The molecular weight excluding hydrogens is 294 g/mol. The Morgan fingerprint density at radius 3 is 2.52 bits per heavy atom. The highest BCUT2D eigenvalue weighted by Crippen LogP contribution is 2.19. The van der Waals surface area contributed by atoms with Crippen LogP contribution in [0.15, 0.2) is 30.5 Å². The molecule has 0 bridgehead atoms. The second-order valence-electron chi connectivity index (χ2n) is 5.92. The largest absolute Gasteiger partial charge is 0.384 e. The number of carbonyl (C=O) groups is 2. The first kappa shape index (κ1) is 15.6. The molecule has 3 rings (SSSR count). The third kappa shape index (κ3) is 3.22. The summed E-state index contributed by atoms with van der Waals surface area (Å²) < 4.78 is 0. The summed E-state index contributed by atoms with van der Waals surface area (Å²) in [7, 11) is 0. The Bertz CT molecular complexity index is 715. The van der Waals surface area contributed by atoms with Gasteiger partial charge in [-0.2, -0.15) is 0 Å². The standard InChI is InChI=1S/C17H21N3O3/c1-12(21)17(23)20-8-6-19(7-9-20)16(22)10-13-11-18-15-5-3-2-4-14(13)15/h2-5,11-12,18,21H,6-10H2,1H3. The molecule has 0 radical (unpaired) electrons. The summed E-state index contributed by atoms with van der Waals surface area (Å²) >= 11 is 0. The number of benzene rings is 1. The normalized spacial score (nSPS) is 16.6.